The van der Waals surface area contributed by atoms with E-state index in [1.165, 1.54) is 0 Å². The second kappa shape index (κ2) is 8.99. The number of aromatic nitrogens is 5. The van der Waals surface area contributed by atoms with E-state index >= 15 is 0 Å². The van der Waals surface area contributed by atoms with Crippen molar-refractivity contribution in [1.29, 1.82) is 0 Å². The quantitative estimate of drug-likeness (QED) is 0.343. The molecule has 3 aromatic heterocycles. The molecule has 0 saturated carbocycles. The number of methoxy groups -OCH3 is 1. The molecule has 0 aliphatic rings. The van der Waals surface area contributed by atoms with Crippen molar-refractivity contribution in [2.24, 2.45) is 0 Å². The van der Waals surface area contributed by atoms with Gasteiger partial charge in [-0.15, -0.1) is 5.10 Å². The molecule has 33 heavy (non-hydrogen) atoms. The third-order valence-corrected chi connectivity index (χ3v) is 5.42. The Morgan fingerprint density at radius 2 is 1.94 bits per heavy atom. The van der Waals surface area contributed by atoms with Gasteiger partial charge in [-0.05, 0) is 41.8 Å². The van der Waals surface area contributed by atoms with Crippen LogP contribution in [0.5, 0.6) is 5.75 Å². The van der Waals surface area contributed by atoms with Gasteiger partial charge in [0.15, 0.2) is 0 Å². The van der Waals surface area contributed by atoms with Crippen molar-refractivity contribution < 1.29 is 9.15 Å². The molecule has 0 aliphatic carbocycles. The molecule has 0 unspecified atom stereocenters. The zero-order valence-electron chi connectivity index (χ0n) is 18.1. The Morgan fingerprint density at radius 1 is 1.09 bits per heavy atom. The van der Waals surface area contributed by atoms with Crippen molar-refractivity contribution >= 4 is 22.6 Å². The van der Waals surface area contributed by atoms with Gasteiger partial charge in [0.25, 0.3) is 5.89 Å². The van der Waals surface area contributed by atoms with E-state index in [9.17, 15) is 0 Å². The summed E-state index contributed by atoms with van der Waals surface area (Å²) >= 11 is 0. The Labute approximate surface area is 190 Å². The van der Waals surface area contributed by atoms with Crippen molar-refractivity contribution in [1.82, 2.24) is 24.7 Å². The molecule has 0 radical (unpaired) electrons. The third-order valence-electron chi connectivity index (χ3n) is 5.42. The van der Waals surface area contributed by atoms with Crippen molar-refractivity contribution in [3.05, 3.63) is 67.4 Å². The number of benzene rings is 2. The van der Waals surface area contributed by atoms with E-state index in [0.717, 1.165) is 53.0 Å². The Hall–Kier alpha value is -4.40. The van der Waals surface area contributed by atoms with Crippen LogP contribution in [0.15, 0.2) is 71.8 Å². The summed E-state index contributed by atoms with van der Waals surface area (Å²) in [6.45, 7) is 1.59. The number of fused-ring (bicyclic) bond motifs is 1. The smallest absolute Gasteiger partial charge is 0.313 e. The van der Waals surface area contributed by atoms with Gasteiger partial charge in [0.2, 0.25) is 0 Å². The first-order valence-electron chi connectivity index (χ1n) is 10.6. The van der Waals surface area contributed by atoms with Crippen LogP contribution in [0.4, 0.5) is 11.7 Å². The van der Waals surface area contributed by atoms with Gasteiger partial charge < -0.3 is 24.8 Å². The average molecular weight is 441 g/mol. The normalized spacial score (nSPS) is 11.1. The number of nitrogens with two attached hydrogens (primary N) is 1. The molecule has 0 spiro atoms. The number of nitrogen functional groups attached to an aromatic ring is 1. The number of ether oxygens (including phenoxy) is 1. The number of imidazole rings is 1. The first kappa shape index (κ1) is 20.5. The van der Waals surface area contributed by atoms with E-state index in [4.69, 9.17) is 14.9 Å². The summed E-state index contributed by atoms with van der Waals surface area (Å²) < 4.78 is 12.8. The Balaban J connectivity index is 1.52. The van der Waals surface area contributed by atoms with Crippen LogP contribution in [0.3, 0.4) is 0 Å². The largest absolute Gasteiger partial charge is 0.497 e. The zero-order valence-corrected chi connectivity index (χ0v) is 18.1. The summed E-state index contributed by atoms with van der Waals surface area (Å²) in [6, 6.07) is 14.2. The highest BCUT2D eigenvalue weighted by Crippen LogP contribution is 2.35. The fraction of sp³-hybridized carbons (Fsp3) is 0.167. The second-order valence-corrected chi connectivity index (χ2v) is 7.53. The molecule has 5 aromatic rings. The van der Waals surface area contributed by atoms with Crippen molar-refractivity contribution in [3.63, 3.8) is 0 Å². The summed E-state index contributed by atoms with van der Waals surface area (Å²) in [5.41, 5.74) is 10.3. The third kappa shape index (κ3) is 4.33. The molecule has 166 valence electrons. The molecule has 0 bridgehead atoms. The molecule has 0 amide bonds. The number of hydrogen-bond acceptors (Lipinski definition) is 8. The molecule has 0 saturated heterocycles. The summed E-state index contributed by atoms with van der Waals surface area (Å²) in [5.74, 6) is 1.14. The van der Waals surface area contributed by atoms with Gasteiger partial charge in [0, 0.05) is 37.1 Å². The summed E-state index contributed by atoms with van der Waals surface area (Å²) in [4.78, 5) is 8.71. The molecule has 0 fully saturated rings. The van der Waals surface area contributed by atoms with E-state index in [0.29, 0.717) is 11.5 Å². The van der Waals surface area contributed by atoms with E-state index in [2.05, 4.69) is 37.6 Å². The van der Waals surface area contributed by atoms with Crippen molar-refractivity contribution in [2.75, 3.05) is 24.7 Å². The molecule has 3 heterocycles. The number of nitrogens with one attached hydrogen (secondary N) is 1. The Kier molecular flexibility index (Phi) is 5.59. The molecule has 9 nitrogen and oxygen atoms in total. The molecule has 5 rings (SSSR count). The zero-order chi connectivity index (χ0) is 22.6. The van der Waals surface area contributed by atoms with Gasteiger partial charge in [0.05, 0.1) is 30.2 Å². The Bertz CT molecular complexity index is 1360. The van der Waals surface area contributed by atoms with Crippen LogP contribution in [0.25, 0.3) is 33.5 Å². The predicted molar refractivity (Wildman–Crippen MR) is 127 cm³/mol. The molecule has 9 heteroatoms. The van der Waals surface area contributed by atoms with Crippen LogP contribution in [0.2, 0.25) is 0 Å². The lowest BCUT2D eigenvalue weighted by Crippen LogP contribution is -2.07. The minimum absolute atomic E-state index is 0.0168. The predicted octanol–water partition coefficient (Wildman–Crippen LogP) is 4.24. The van der Waals surface area contributed by atoms with Crippen LogP contribution in [-0.4, -0.2) is 38.4 Å². The number of anilines is 2. The lowest BCUT2D eigenvalue weighted by atomic mass is 10.0. The monoisotopic (exact) mass is 441 g/mol. The first-order valence-corrected chi connectivity index (χ1v) is 10.6. The molecule has 3 N–H and O–H groups in total. The molecule has 0 aliphatic heterocycles. The van der Waals surface area contributed by atoms with Crippen LogP contribution in [0, 0.1) is 0 Å². The highest BCUT2D eigenvalue weighted by atomic mass is 16.5. The van der Waals surface area contributed by atoms with E-state index in [-0.39, 0.29) is 6.01 Å². The molecule has 0 atom stereocenters. The fourth-order valence-electron chi connectivity index (χ4n) is 3.75. The molecule has 2 aromatic carbocycles. The average Bonchev–Trinajstić information content (AvgIpc) is 3.53. The summed E-state index contributed by atoms with van der Waals surface area (Å²) in [5, 5.41) is 12.4. The lowest BCUT2D eigenvalue weighted by molar-refractivity contribution is 0.415. The van der Waals surface area contributed by atoms with Gasteiger partial charge in [0.1, 0.15) is 5.75 Å². The van der Waals surface area contributed by atoms with Gasteiger partial charge in [-0.25, -0.2) is 4.98 Å². The van der Waals surface area contributed by atoms with Crippen LogP contribution < -0.4 is 15.8 Å². The van der Waals surface area contributed by atoms with Gasteiger partial charge in [-0.2, -0.15) is 0 Å². The van der Waals surface area contributed by atoms with Crippen LogP contribution in [0.1, 0.15) is 6.42 Å². The van der Waals surface area contributed by atoms with E-state index < -0.39 is 0 Å². The maximum absolute atomic E-state index is 5.68. The van der Waals surface area contributed by atoms with E-state index in [1.54, 1.807) is 19.5 Å². The lowest BCUT2D eigenvalue weighted by Gasteiger charge is -2.14. The van der Waals surface area contributed by atoms with Gasteiger partial charge in [-0.1, -0.05) is 23.3 Å². The minimum Gasteiger partial charge on any atom is -0.497 e. The van der Waals surface area contributed by atoms with Gasteiger partial charge >= 0.3 is 6.01 Å². The fourth-order valence-corrected chi connectivity index (χ4v) is 3.75. The van der Waals surface area contributed by atoms with Crippen LogP contribution >= 0.6 is 0 Å². The topological polar surface area (TPSA) is 117 Å². The number of nitrogens with zero attached hydrogens (tertiary/aromatic N) is 5. The Morgan fingerprint density at radius 3 is 2.67 bits per heavy atom. The molecular weight excluding hydrogens is 418 g/mol. The van der Waals surface area contributed by atoms with Crippen molar-refractivity contribution in [2.45, 2.75) is 13.0 Å². The standard InChI is InChI=1S/C24H23N7O2/c1-32-18-6-3-16(4-7-18)17-5-8-21-19(13-17)22(27-9-2-11-31-12-10-26-15-31)20(14-28-21)23-29-30-24(25)33-23/h3-8,10,12-15H,2,9,11H2,1H3,(H2,25,30)(H,27,28). The van der Waals surface area contributed by atoms with Crippen molar-refractivity contribution in [3.8, 4) is 28.3 Å². The maximum Gasteiger partial charge on any atom is 0.313 e. The van der Waals surface area contributed by atoms with Gasteiger partial charge in [-0.3, -0.25) is 4.98 Å². The highest BCUT2D eigenvalue weighted by molar-refractivity contribution is 6.00. The SMILES string of the molecule is COc1ccc(-c2ccc3ncc(-c4nnc(N)o4)c(NCCCn4ccnc4)c3c2)cc1. The second-order valence-electron chi connectivity index (χ2n) is 7.53. The summed E-state index contributed by atoms with van der Waals surface area (Å²) in [6.07, 6.45) is 8.19. The summed E-state index contributed by atoms with van der Waals surface area (Å²) in [7, 11) is 1.66. The maximum atomic E-state index is 5.68. The van der Waals surface area contributed by atoms with E-state index in [1.807, 2.05) is 47.4 Å². The first-order chi connectivity index (χ1) is 16.2. The minimum atomic E-state index is 0.0168. The number of rotatable bonds is 8. The number of aryl methyl sites for hydroxylation is 1. The molecular formula is C24H23N7O2. The number of pyridine rings is 1. The number of hydrogen-bond donors (Lipinski definition) is 2. The van der Waals surface area contributed by atoms with Crippen LogP contribution in [-0.2, 0) is 6.54 Å². The highest BCUT2D eigenvalue weighted by Gasteiger charge is 2.16.